The normalized spacial score (nSPS) is 18.1. The molecule has 6 heteroatoms. The largest absolute Gasteiger partial charge is 0.416 e. The summed E-state index contributed by atoms with van der Waals surface area (Å²) in [4.78, 5) is 25.8. The molecule has 1 fully saturated rings. The predicted octanol–water partition coefficient (Wildman–Crippen LogP) is 4.14. The van der Waals surface area contributed by atoms with Crippen molar-refractivity contribution in [3.05, 3.63) is 65.2 Å². The fourth-order valence-corrected chi connectivity index (χ4v) is 3.05. The van der Waals surface area contributed by atoms with Crippen LogP contribution < -0.4 is 4.90 Å². The van der Waals surface area contributed by atoms with Gasteiger partial charge in [-0.25, -0.2) is 0 Å². The Morgan fingerprint density at radius 3 is 2.36 bits per heavy atom. The number of halogens is 3. The first-order valence-electron chi connectivity index (χ1n) is 7.85. The Balaban J connectivity index is 1.79. The molecule has 3 nitrogen and oxygen atoms in total. The van der Waals surface area contributed by atoms with Gasteiger partial charge in [-0.1, -0.05) is 29.8 Å². The van der Waals surface area contributed by atoms with E-state index in [-0.39, 0.29) is 23.9 Å². The zero-order valence-electron chi connectivity index (χ0n) is 13.5. The Kier molecular flexibility index (Phi) is 4.37. The van der Waals surface area contributed by atoms with Crippen LogP contribution >= 0.6 is 0 Å². The van der Waals surface area contributed by atoms with E-state index in [2.05, 4.69) is 0 Å². The number of amides is 2. The lowest BCUT2D eigenvalue weighted by Crippen LogP contribution is -2.30. The summed E-state index contributed by atoms with van der Waals surface area (Å²) in [6.45, 7) is 1.94. The Hall–Kier alpha value is -2.63. The summed E-state index contributed by atoms with van der Waals surface area (Å²) in [6, 6.07) is 11.8. The van der Waals surface area contributed by atoms with Gasteiger partial charge in [-0.3, -0.25) is 14.5 Å². The van der Waals surface area contributed by atoms with Gasteiger partial charge in [0.05, 0.1) is 17.2 Å². The Bertz CT molecular complexity index is 812. The highest BCUT2D eigenvalue weighted by Crippen LogP contribution is 2.33. The number of rotatable bonds is 3. The summed E-state index contributed by atoms with van der Waals surface area (Å²) in [7, 11) is 0. The van der Waals surface area contributed by atoms with Crippen molar-refractivity contribution in [1.29, 1.82) is 0 Å². The lowest BCUT2D eigenvalue weighted by atomic mass is 9.97. The minimum absolute atomic E-state index is 0.0633. The van der Waals surface area contributed by atoms with Crippen molar-refractivity contribution in [2.24, 2.45) is 5.92 Å². The van der Waals surface area contributed by atoms with Crippen molar-refractivity contribution in [2.75, 3.05) is 4.90 Å². The number of imide groups is 1. The third-order valence-electron chi connectivity index (χ3n) is 4.26. The van der Waals surface area contributed by atoms with Gasteiger partial charge in [0.15, 0.2) is 0 Å². The molecule has 3 rings (SSSR count). The summed E-state index contributed by atoms with van der Waals surface area (Å²) >= 11 is 0. The molecule has 1 aliphatic heterocycles. The van der Waals surface area contributed by atoms with Gasteiger partial charge in [-0.2, -0.15) is 13.2 Å². The van der Waals surface area contributed by atoms with Gasteiger partial charge in [0.25, 0.3) is 0 Å². The summed E-state index contributed by atoms with van der Waals surface area (Å²) in [6.07, 6.45) is -3.96. The number of carbonyl (C=O) groups excluding carboxylic acids is 2. The molecule has 0 aromatic heterocycles. The molecule has 0 aliphatic carbocycles. The van der Waals surface area contributed by atoms with E-state index in [9.17, 15) is 22.8 Å². The van der Waals surface area contributed by atoms with Gasteiger partial charge in [-0.05, 0) is 43.2 Å². The Morgan fingerprint density at radius 1 is 1.08 bits per heavy atom. The zero-order chi connectivity index (χ0) is 18.2. The first-order valence-corrected chi connectivity index (χ1v) is 7.85. The minimum atomic E-state index is -4.45. The molecule has 0 unspecified atom stereocenters. The Morgan fingerprint density at radius 2 is 1.76 bits per heavy atom. The summed E-state index contributed by atoms with van der Waals surface area (Å²) < 4.78 is 37.9. The maximum absolute atomic E-state index is 12.6. The fourth-order valence-electron chi connectivity index (χ4n) is 3.05. The molecule has 0 radical (unpaired) electrons. The standard InChI is InChI=1S/C19H16F3NO2/c1-12-3-2-4-13(9-12)10-14-11-17(24)23(18(14)25)16-7-5-15(6-8-16)19(20,21)22/h2-9,14H,10-11H2,1H3/t14-/m0/s1. The number of aryl methyl sites for hydroxylation is 1. The number of benzene rings is 2. The van der Waals surface area contributed by atoms with Crippen molar-refractivity contribution in [2.45, 2.75) is 25.9 Å². The molecule has 0 saturated carbocycles. The van der Waals surface area contributed by atoms with Crippen molar-refractivity contribution in [3.8, 4) is 0 Å². The smallest absolute Gasteiger partial charge is 0.274 e. The van der Waals surface area contributed by atoms with Crippen LogP contribution in [0, 0.1) is 12.8 Å². The maximum atomic E-state index is 12.6. The van der Waals surface area contributed by atoms with Crippen LogP contribution in [0.2, 0.25) is 0 Å². The summed E-state index contributed by atoms with van der Waals surface area (Å²) in [5, 5.41) is 0. The molecule has 130 valence electrons. The molecule has 25 heavy (non-hydrogen) atoms. The van der Waals surface area contributed by atoms with Gasteiger partial charge in [0, 0.05) is 6.42 Å². The quantitative estimate of drug-likeness (QED) is 0.783. The molecule has 2 aromatic rings. The fraction of sp³-hybridized carbons (Fsp3) is 0.263. The van der Waals surface area contributed by atoms with Crippen molar-refractivity contribution in [3.63, 3.8) is 0 Å². The second kappa shape index (κ2) is 6.35. The van der Waals surface area contributed by atoms with E-state index >= 15 is 0 Å². The van der Waals surface area contributed by atoms with Crippen molar-refractivity contribution < 1.29 is 22.8 Å². The van der Waals surface area contributed by atoms with Gasteiger partial charge < -0.3 is 0 Å². The highest BCUT2D eigenvalue weighted by molar-refractivity contribution is 6.21. The number of hydrogen-bond donors (Lipinski definition) is 0. The number of carbonyl (C=O) groups is 2. The molecule has 0 N–H and O–H groups in total. The van der Waals surface area contributed by atoms with Crippen LogP contribution in [0.5, 0.6) is 0 Å². The lowest BCUT2D eigenvalue weighted by molar-refractivity contribution is -0.137. The molecule has 2 aromatic carbocycles. The number of hydrogen-bond acceptors (Lipinski definition) is 2. The molecular formula is C19H16F3NO2. The topological polar surface area (TPSA) is 37.4 Å². The van der Waals surface area contributed by atoms with E-state index in [4.69, 9.17) is 0 Å². The molecule has 1 aliphatic rings. The van der Waals surface area contributed by atoms with Crippen LogP contribution in [-0.4, -0.2) is 11.8 Å². The van der Waals surface area contributed by atoms with Crippen LogP contribution in [-0.2, 0) is 22.2 Å². The molecule has 1 atom stereocenters. The molecule has 0 spiro atoms. The average Bonchev–Trinajstić information content (AvgIpc) is 2.81. The van der Waals surface area contributed by atoms with E-state index in [1.165, 1.54) is 0 Å². The van der Waals surface area contributed by atoms with E-state index < -0.39 is 17.7 Å². The van der Waals surface area contributed by atoms with Gasteiger partial charge in [0.2, 0.25) is 11.8 Å². The minimum Gasteiger partial charge on any atom is -0.274 e. The van der Waals surface area contributed by atoms with E-state index in [0.717, 1.165) is 40.3 Å². The number of alkyl halides is 3. The van der Waals surface area contributed by atoms with Crippen LogP contribution in [0.25, 0.3) is 0 Å². The maximum Gasteiger partial charge on any atom is 0.416 e. The first-order chi connectivity index (χ1) is 11.8. The van der Waals surface area contributed by atoms with E-state index in [1.54, 1.807) is 0 Å². The van der Waals surface area contributed by atoms with Crippen LogP contribution in [0.3, 0.4) is 0 Å². The van der Waals surface area contributed by atoms with Crippen molar-refractivity contribution in [1.82, 2.24) is 0 Å². The third-order valence-corrected chi connectivity index (χ3v) is 4.26. The molecule has 2 amide bonds. The van der Waals surface area contributed by atoms with Crippen LogP contribution in [0.1, 0.15) is 23.1 Å². The summed E-state index contributed by atoms with van der Waals surface area (Å²) in [5.41, 5.74) is 1.38. The molecule has 1 heterocycles. The highest BCUT2D eigenvalue weighted by Gasteiger charge is 2.39. The van der Waals surface area contributed by atoms with Gasteiger partial charge in [0.1, 0.15) is 0 Å². The van der Waals surface area contributed by atoms with Gasteiger partial charge >= 0.3 is 6.18 Å². The second-order valence-corrected chi connectivity index (χ2v) is 6.21. The SMILES string of the molecule is Cc1cccc(C[C@H]2CC(=O)N(c3ccc(C(F)(F)F)cc3)C2=O)c1. The number of nitrogens with zero attached hydrogens (tertiary/aromatic N) is 1. The van der Waals surface area contributed by atoms with E-state index in [1.807, 2.05) is 31.2 Å². The van der Waals surface area contributed by atoms with Crippen LogP contribution in [0.15, 0.2) is 48.5 Å². The molecule has 0 bridgehead atoms. The molecular weight excluding hydrogens is 331 g/mol. The first kappa shape index (κ1) is 17.2. The highest BCUT2D eigenvalue weighted by atomic mass is 19.4. The number of anilines is 1. The monoisotopic (exact) mass is 347 g/mol. The predicted molar refractivity (Wildman–Crippen MR) is 86.9 cm³/mol. The molecule has 1 saturated heterocycles. The third kappa shape index (κ3) is 3.57. The van der Waals surface area contributed by atoms with E-state index in [0.29, 0.717) is 6.42 Å². The summed E-state index contributed by atoms with van der Waals surface area (Å²) in [5.74, 6) is -1.25. The van der Waals surface area contributed by atoms with Crippen molar-refractivity contribution >= 4 is 17.5 Å². The lowest BCUT2D eigenvalue weighted by Gasteiger charge is -2.16. The average molecular weight is 347 g/mol. The van der Waals surface area contributed by atoms with Crippen LogP contribution in [0.4, 0.5) is 18.9 Å². The Labute approximate surface area is 143 Å². The second-order valence-electron chi connectivity index (χ2n) is 6.21. The van der Waals surface area contributed by atoms with Gasteiger partial charge in [-0.15, -0.1) is 0 Å². The zero-order valence-corrected chi connectivity index (χ0v) is 13.5.